The molecule has 0 saturated heterocycles. The van der Waals surface area contributed by atoms with Gasteiger partial charge in [0.2, 0.25) is 0 Å². The second kappa shape index (κ2) is 13.1. The van der Waals surface area contributed by atoms with Gasteiger partial charge in [-0.1, -0.05) is 35.5 Å². The molecule has 1 atom stereocenters. The molecule has 1 aliphatic heterocycles. The van der Waals surface area contributed by atoms with Crippen LogP contribution < -0.4 is 12.4 Å². The first-order valence-electron chi connectivity index (χ1n) is 14.4. The van der Waals surface area contributed by atoms with E-state index in [1.165, 1.54) is 17.0 Å². The van der Waals surface area contributed by atoms with Gasteiger partial charge in [-0.15, -0.1) is 11.8 Å². The van der Waals surface area contributed by atoms with Crippen molar-refractivity contribution in [2.75, 3.05) is 41.8 Å². The molecule has 1 amide bonds. The molecule has 238 valence electrons. The third-order valence-electron chi connectivity index (χ3n) is 7.55. The van der Waals surface area contributed by atoms with Gasteiger partial charge >= 0.3 is 12.0 Å². The fraction of sp³-hybridized carbons (Fsp3) is 0.235. The molecule has 0 saturated carbocycles. The number of oxime groups is 1. The van der Waals surface area contributed by atoms with Crippen LogP contribution in [-0.4, -0.2) is 83.0 Å². The van der Waals surface area contributed by atoms with Crippen LogP contribution in [0, 0.1) is 5.82 Å². The summed E-state index contributed by atoms with van der Waals surface area (Å²) < 4.78 is 17.8. The highest BCUT2D eigenvalue weighted by Crippen LogP contribution is 2.43. The number of likely N-dealkylation sites (N-methyl/N-ethyl adjacent to an activating group) is 1. The second-order valence-corrected chi connectivity index (χ2v) is 13.3. The van der Waals surface area contributed by atoms with Crippen LogP contribution in [0.1, 0.15) is 27.8 Å². The third-order valence-corrected chi connectivity index (χ3v) is 8.80. The van der Waals surface area contributed by atoms with Crippen LogP contribution in [0.3, 0.4) is 0 Å². The van der Waals surface area contributed by atoms with E-state index in [1.807, 2.05) is 63.9 Å². The molecule has 0 unspecified atom stereocenters. The largest absolute Gasteiger partial charge is 1.00 e. The first-order valence-corrected chi connectivity index (χ1v) is 15.5. The van der Waals surface area contributed by atoms with Crippen LogP contribution in [0.25, 0.3) is 22.0 Å². The quantitative estimate of drug-likeness (QED) is 0.116. The number of fused-ring (bicyclic) bond motifs is 2. The Morgan fingerprint density at radius 1 is 1.07 bits per heavy atom. The molecule has 46 heavy (non-hydrogen) atoms. The van der Waals surface area contributed by atoms with Crippen LogP contribution in [-0.2, 0) is 15.4 Å². The van der Waals surface area contributed by atoms with Gasteiger partial charge in [0.05, 0.1) is 26.7 Å². The smallest absolute Gasteiger partial charge is 0.388 e. The van der Waals surface area contributed by atoms with E-state index in [-0.39, 0.29) is 36.2 Å². The van der Waals surface area contributed by atoms with Crippen LogP contribution >= 0.6 is 11.8 Å². The van der Waals surface area contributed by atoms with Crippen molar-refractivity contribution in [2.45, 2.75) is 11.1 Å². The number of pyridine rings is 1. The van der Waals surface area contributed by atoms with Crippen LogP contribution in [0.15, 0.2) is 90.6 Å². The van der Waals surface area contributed by atoms with E-state index >= 15 is 0 Å². The first-order chi connectivity index (χ1) is 21.5. The van der Waals surface area contributed by atoms with E-state index in [0.29, 0.717) is 27.0 Å². The number of hydrogen-bond donors (Lipinski definition) is 0. The van der Waals surface area contributed by atoms with Crippen molar-refractivity contribution in [3.63, 3.8) is 0 Å². The minimum absolute atomic E-state index is 0. The van der Waals surface area contributed by atoms with Crippen LogP contribution in [0.2, 0.25) is 0 Å². The number of amides is 1. The van der Waals surface area contributed by atoms with Crippen molar-refractivity contribution in [2.24, 2.45) is 5.16 Å². The standard InChI is InChI=1S/C34H34FN6O3S.ClH/c1-38(2)34(43)40-19-28(26-13-10-23(17-29(26)40)22-8-11-25(35)12-9-22)32(37-44-31(42)20-41(3,4)5)27-14-16-39-30(27)21-45-33(39)24-7-6-15-36-18-24;/h6-19,33H,20-21H2,1-5H3;1H/q+1;/p-1/b37-32+;/t33-;/m1./s1. The Morgan fingerprint density at radius 2 is 1.80 bits per heavy atom. The van der Waals surface area contributed by atoms with E-state index in [9.17, 15) is 14.0 Å². The molecule has 2 aromatic carbocycles. The number of quaternary nitrogens is 1. The topological polar surface area (TPSA) is 81.7 Å². The second-order valence-electron chi connectivity index (χ2n) is 12.2. The summed E-state index contributed by atoms with van der Waals surface area (Å²) in [6.07, 6.45) is 7.39. The summed E-state index contributed by atoms with van der Waals surface area (Å²) >= 11 is 1.77. The molecule has 1 aliphatic rings. The van der Waals surface area contributed by atoms with Crippen molar-refractivity contribution in [3.8, 4) is 11.1 Å². The van der Waals surface area contributed by atoms with Gasteiger partial charge in [-0.2, -0.15) is 0 Å². The molecule has 0 radical (unpaired) electrons. The number of carbonyl (C=O) groups excluding carboxylic acids is 2. The van der Waals surface area contributed by atoms with E-state index in [1.54, 1.807) is 55.0 Å². The van der Waals surface area contributed by atoms with Gasteiger partial charge in [0, 0.05) is 72.4 Å². The molecule has 5 aromatic rings. The zero-order chi connectivity index (χ0) is 31.9. The Hall–Kier alpha value is -4.45. The fourth-order valence-corrected chi connectivity index (χ4v) is 6.76. The van der Waals surface area contributed by atoms with Crippen molar-refractivity contribution in [1.29, 1.82) is 0 Å². The average Bonchev–Trinajstić information content (AvgIpc) is 3.71. The van der Waals surface area contributed by atoms with E-state index in [0.717, 1.165) is 33.3 Å². The number of benzene rings is 2. The molecule has 0 N–H and O–H groups in total. The monoisotopic (exact) mass is 660 g/mol. The maximum atomic E-state index is 13.7. The molecule has 0 aliphatic carbocycles. The number of carbonyl (C=O) groups is 2. The summed E-state index contributed by atoms with van der Waals surface area (Å²) in [6.45, 7) is 0.130. The number of rotatable bonds is 7. The summed E-state index contributed by atoms with van der Waals surface area (Å²) in [4.78, 5) is 37.7. The summed E-state index contributed by atoms with van der Waals surface area (Å²) in [7, 11) is 9.09. The molecule has 12 heteroatoms. The number of aromatic nitrogens is 3. The van der Waals surface area contributed by atoms with Gasteiger partial charge in [0.15, 0.2) is 6.54 Å². The van der Waals surface area contributed by atoms with Crippen LogP contribution in [0.5, 0.6) is 0 Å². The van der Waals surface area contributed by atoms with Crippen molar-refractivity contribution >= 4 is 40.4 Å². The predicted molar refractivity (Wildman–Crippen MR) is 175 cm³/mol. The van der Waals surface area contributed by atoms with Crippen molar-refractivity contribution in [3.05, 3.63) is 114 Å². The normalized spacial score (nSPS) is 14.6. The lowest BCUT2D eigenvalue weighted by atomic mass is 9.99. The Morgan fingerprint density at radius 3 is 2.48 bits per heavy atom. The molecule has 0 spiro atoms. The maximum absolute atomic E-state index is 13.7. The zero-order valence-electron chi connectivity index (χ0n) is 26.1. The average molecular weight is 661 g/mol. The number of halogens is 2. The Balaban J connectivity index is 0.00000417. The van der Waals surface area contributed by atoms with E-state index < -0.39 is 5.97 Å². The Bertz CT molecular complexity index is 1930. The minimum atomic E-state index is -0.467. The molecular weight excluding hydrogens is 627 g/mol. The molecule has 4 heterocycles. The van der Waals surface area contributed by atoms with E-state index in [2.05, 4.69) is 20.8 Å². The molecule has 0 fully saturated rings. The fourth-order valence-electron chi connectivity index (χ4n) is 5.45. The molecule has 6 rings (SSSR count). The lowest BCUT2D eigenvalue weighted by Gasteiger charge is -2.21. The highest BCUT2D eigenvalue weighted by atomic mass is 35.5. The molecule has 0 bridgehead atoms. The van der Waals surface area contributed by atoms with Gasteiger partial charge in [0.1, 0.15) is 16.9 Å². The highest BCUT2D eigenvalue weighted by molar-refractivity contribution is 7.99. The SMILES string of the molecule is CN(C)C(=O)n1cc(/C(=N/OC(=O)C[N+](C)(C)C)c2ccn3c2CS[C@@H]3c2cccnc2)c2ccc(-c3ccc(F)cc3)cc21.[Cl-]. The summed E-state index contributed by atoms with van der Waals surface area (Å²) in [6, 6.07) is 17.7. The van der Waals surface area contributed by atoms with Gasteiger partial charge in [-0.25, -0.2) is 14.0 Å². The predicted octanol–water partition coefficient (Wildman–Crippen LogP) is 2.97. The summed E-state index contributed by atoms with van der Waals surface area (Å²) in [5.41, 5.74) is 6.31. The van der Waals surface area contributed by atoms with Gasteiger partial charge in [-0.05, 0) is 41.5 Å². The zero-order valence-corrected chi connectivity index (χ0v) is 27.7. The number of thioether (sulfide) groups is 1. The highest BCUT2D eigenvalue weighted by Gasteiger charge is 2.30. The first kappa shape index (κ1) is 32.9. The molecule has 9 nitrogen and oxygen atoms in total. The molecular formula is C34H34ClFN6O3S. The lowest BCUT2D eigenvalue weighted by Crippen LogP contribution is -3.00. The van der Waals surface area contributed by atoms with Crippen molar-refractivity contribution < 1.29 is 35.7 Å². The lowest BCUT2D eigenvalue weighted by molar-refractivity contribution is -0.862. The summed E-state index contributed by atoms with van der Waals surface area (Å²) in [5, 5.41) is 5.29. The van der Waals surface area contributed by atoms with Gasteiger partial charge in [-0.3, -0.25) is 9.55 Å². The summed E-state index contributed by atoms with van der Waals surface area (Å²) in [5.74, 6) is -0.0827. The Kier molecular flexibility index (Phi) is 9.39. The van der Waals surface area contributed by atoms with E-state index in [4.69, 9.17) is 4.84 Å². The van der Waals surface area contributed by atoms with Gasteiger partial charge in [0.25, 0.3) is 0 Å². The van der Waals surface area contributed by atoms with Crippen LogP contribution in [0.4, 0.5) is 9.18 Å². The van der Waals surface area contributed by atoms with Gasteiger partial charge < -0.3 is 31.2 Å². The van der Waals surface area contributed by atoms with Crippen molar-refractivity contribution in [1.82, 2.24) is 19.0 Å². The third kappa shape index (κ3) is 6.57. The number of nitrogens with zero attached hydrogens (tertiary/aromatic N) is 6. The Labute approximate surface area is 277 Å². The molecule has 3 aromatic heterocycles. The maximum Gasteiger partial charge on any atom is 0.388 e. The number of hydrogen-bond acceptors (Lipinski definition) is 6. The minimum Gasteiger partial charge on any atom is -1.00 e.